The topological polar surface area (TPSA) is 76.4 Å². The summed E-state index contributed by atoms with van der Waals surface area (Å²) < 4.78 is 44.7. The van der Waals surface area contributed by atoms with Crippen LogP contribution >= 0.6 is 12.2 Å². The van der Waals surface area contributed by atoms with Crippen molar-refractivity contribution in [1.82, 2.24) is 9.78 Å². The fraction of sp³-hybridized carbons (Fsp3) is 0.105. The summed E-state index contributed by atoms with van der Waals surface area (Å²) in [6, 6.07) is 8.74. The third kappa shape index (κ3) is 4.54. The van der Waals surface area contributed by atoms with E-state index in [9.17, 15) is 23.1 Å². The smallest absolute Gasteiger partial charge is 0.416 e. The van der Waals surface area contributed by atoms with Gasteiger partial charge in [0.05, 0.1) is 30.0 Å². The maximum Gasteiger partial charge on any atom is 0.416 e. The zero-order valence-electron chi connectivity index (χ0n) is 14.9. The number of phenolic OH excluding ortho intramolecular Hbond substituents is 1. The number of benzene rings is 2. The SMILES string of the molecule is COc1ccc(O)c(C(=O)c2cnn(C(=S)Nc3cccc(C(F)(F)F)c3)c2)c1. The molecule has 2 aromatic carbocycles. The fourth-order valence-corrected chi connectivity index (χ4v) is 2.70. The van der Waals surface area contributed by atoms with Crippen LogP contribution in [0.1, 0.15) is 21.5 Å². The Morgan fingerprint density at radius 1 is 1.24 bits per heavy atom. The molecule has 2 N–H and O–H groups in total. The van der Waals surface area contributed by atoms with Crippen LogP contribution in [0.3, 0.4) is 0 Å². The molecular weight excluding hydrogens is 407 g/mol. The van der Waals surface area contributed by atoms with E-state index in [0.717, 1.165) is 16.8 Å². The lowest BCUT2D eigenvalue weighted by atomic mass is 10.1. The molecule has 1 heterocycles. The Kier molecular flexibility index (Phi) is 5.55. The van der Waals surface area contributed by atoms with Crippen molar-refractivity contribution in [3.63, 3.8) is 0 Å². The first-order valence-corrected chi connectivity index (χ1v) is 8.55. The molecule has 29 heavy (non-hydrogen) atoms. The van der Waals surface area contributed by atoms with Crippen molar-refractivity contribution >= 4 is 28.8 Å². The second-order valence-electron chi connectivity index (χ2n) is 5.89. The number of rotatable bonds is 4. The van der Waals surface area contributed by atoms with Gasteiger partial charge in [-0.05, 0) is 48.6 Å². The van der Waals surface area contributed by atoms with Gasteiger partial charge in [-0.2, -0.15) is 18.3 Å². The number of halogens is 3. The van der Waals surface area contributed by atoms with Crippen LogP contribution in [0.5, 0.6) is 11.5 Å². The van der Waals surface area contributed by atoms with Gasteiger partial charge in [0.15, 0.2) is 10.9 Å². The minimum atomic E-state index is -4.48. The summed E-state index contributed by atoms with van der Waals surface area (Å²) in [6.07, 6.45) is -1.94. The average Bonchev–Trinajstić information content (AvgIpc) is 3.18. The van der Waals surface area contributed by atoms with Crippen LogP contribution in [0.15, 0.2) is 54.9 Å². The van der Waals surface area contributed by atoms with Crippen LogP contribution < -0.4 is 10.1 Å². The third-order valence-corrected chi connectivity index (χ3v) is 4.23. The monoisotopic (exact) mass is 421 g/mol. The van der Waals surface area contributed by atoms with Crippen molar-refractivity contribution in [2.75, 3.05) is 12.4 Å². The lowest BCUT2D eigenvalue weighted by molar-refractivity contribution is -0.137. The molecule has 0 aliphatic heterocycles. The molecule has 0 radical (unpaired) electrons. The molecule has 0 saturated carbocycles. The largest absolute Gasteiger partial charge is 0.507 e. The van der Waals surface area contributed by atoms with Gasteiger partial charge in [-0.3, -0.25) is 4.79 Å². The van der Waals surface area contributed by atoms with Crippen molar-refractivity contribution in [3.05, 3.63) is 71.5 Å². The van der Waals surface area contributed by atoms with Crippen LogP contribution in [0.4, 0.5) is 18.9 Å². The zero-order valence-corrected chi connectivity index (χ0v) is 15.7. The van der Waals surface area contributed by atoms with E-state index in [4.69, 9.17) is 17.0 Å². The number of carbonyl (C=O) groups excluding carboxylic acids is 1. The molecule has 0 saturated heterocycles. The van der Waals surface area contributed by atoms with Gasteiger partial charge in [0.1, 0.15) is 11.5 Å². The lowest BCUT2D eigenvalue weighted by Gasteiger charge is -2.11. The highest BCUT2D eigenvalue weighted by molar-refractivity contribution is 7.80. The quantitative estimate of drug-likeness (QED) is 0.488. The average molecular weight is 421 g/mol. The van der Waals surface area contributed by atoms with E-state index < -0.39 is 17.5 Å². The number of methoxy groups -OCH3 is 1. The van der Waals surface area contributed by atoms with E-state index in [2.05, 4.69) is 10.4 Å². The number of anilines is 1. The lowest BCUT2D eigenvalue weighted by Crippen LogP contribution is -2.20. The molecule has 3 aromatic rings. The van der Waals surface area contributed by atoms with Crippen LogP contribution in [0.2, 0.25) is 0 Å². The zero-order chi connectivity index (χ0) is 21.2. The number of hydrogen-bond donors (Lipinski definition) is 2. The molecular formula is C19H14F3N3O3S. The first-order chi connectivity index (χ1) is 13.7. The Morgan fingerprint density at radius 3 is 2.69 bits per heavy atom. The summed E-state index contributed by atoms with van der Waals surface area (Å²) >= 11 is 5.15. The second kappa shape index (κ2) is 7.92. The molecule has 0 amide bonds. The molecule has 0 fully saturated rings. The molecule has 0 aliphatic carbocycles. The predicted octanol–water partition coefficient (Wildman–Crippen LogP) is 4.09. The van der Waals surface area contributed by atoms with Gasteiger partial charge in [0.25, 0.3) is 0 Å². The summed E-state index contributed by atoms with van der Waals surface area (Å²) in [5.41, 5.74) is -0.559. The number of thiocarbonyl (C=S) groups is 1. The molecule has 3 rings (SSSR count). The third-order valence-electron chi connectivity index (χ3n) is 3.94. The maximum atomic E-state index is 12.8. The van der Waals surface area contributed by atoms with E-state index in [1.54, 1.807) is 0 Å². The minimum absolute atomic E-state index is 0.0145. The van der Waals surface area contributed by atoms with Crippen molar-refractivity contribution in [2.24, 2.45) is 0 Å². The van der Waals surface area contributed by atoms with Crippen LogP contribution in [-0.4, -0.2) is 32.9 Å². The number of aromatic hydroxyl groups is 1. The highest BCUT2D eigenvalue weighted by Crippen LogP contribution is 2.30. The Bertz CT molecular complexity index is 1080. The van der Waals surface area contributed by atoms with Gasteiger partial charge >= 0.3 is 6.18 Å². The molecule has 10 heteroatoms. The van der Waals surface area contributed by atoms with Crippen molar-refractivity contribution in [3.8, 4) is 11.5 Å². The number of phenols is 1. The highest BCUT2D eigenvalue weighted by Gasteiger charge is 2.30. The first kappa shape index (κ1) is 20.3. The number of aromatic nitrogens is 2. The van der Waals surface area contributed by atoms with Crippen LogP contribution in [0, 0.1) is 0 Å². The van der Waals surface area contributed by atoms with Gasteiger partial charge in [-0.15, -0.1) is 0 Å². The van der Waals surface area contributed by atoms with Crippen molar-refractivity contribution in [2.45, 2.75) is 6.18 Å². The van der Waals surface area contributed by atoms with Gasteiger partial charge in [-0.1, -0.05) is 6.07 Å². The molecule has 150 valence electrons. The maximum absolute atomic E-state index is 12.8. The Morgan fingerprint density at radius 2 is 2.00 bits per heavy atom. The fourth-order valence-electron chi connectivity index (χ4n) is 2.48. The van der Waals surface area contributed by atoms with Crippen LogP contribution in [-0.2, 0) is 6.18 Å². The van der Waals surface area contributed by atoms with Crippen molar-refractivity contribution in [1.29, 1.82) is 0 Å². The van der Waals surface area contributed by atoms with Gasteiger partial charge in [0, 0.05) is 11.9 Å². The predicted molar refractivity (Wildman–Crippen MR) is 103 cm³/mol. The van der Waals surface area contributed by atoms with E-state index in [-0.39, 0.29) is 27.7 Å². The van der Waals surface area contributed by atoms with E-state index in [1.807, 2.05) is 0 Å². The normalized spacial score (nSPS) is 11.2. The molecule has 0 bridgehead atoms. The molecule has 0 atom stereocenters. The number of carbonyl (C=O) groups is 1. The summed E-state index contributed by atoms with van der Waals surface area (Å²) in [4.78, 5) is 12.6. The van der Waals surface area contributed by atoms with Gasteiger partial charge in [0.2, 0.25) is 0 Å². The van der Waals surface area contributed by atoms with Gasteiger partial charge in [-0.25, -0.2) is 4.68 Å². The number of nitrogens with zero attached hydrogens (tertiary/aromatic N) is 2. The minimum Gasteiger partial charge on any atom is -0.507 e. The van der Waals surface area contributed by atoms with E-state index in [1.165, 1.54) is 49.8 Å². The summed E-state index contributed by atoms with van der Waals surface area (Å²) in [7, 11) is 1.43. The van der Waals surface area contributed by atoms with E-state index in [0.29, 0.717) is 5.75 Å². The first-order valence-electron chi connectivity index (χ1n) is 8.14. The second-order valence-corrected chi connectivity index (χ2v) is 6.28. The number of ether oxygens (including phenoxy) is 1. The summed E-state index contributed by atoms with van der Waals surface area (Å²) in [5, 5.41) is 16.5. The van der Waals surface area contributed by atoms with Gasteiger partial charge < -0.3 is 15.2 Å². The number of alkyl halides is 3. The number of nitrogens with one attached hydrogen (secondary N) is 1. The molecule has 0 spiro atoms. The van der Waals surface area contributed by atoms with E-state index >= 15 is 0 Å². The Hall–Kier alpha value is -3.40. The van der Waals surface area contributed by atoms with Crippen molar-refractivity contribution < 1.29 is 27.8 Å². The summed E-state index contributed by atoms with van der Waals surface area (Å²) in [6.45, 7) is 0. The number of hydrogen-bond acceptors (Lipinski definition) is 5. The Balaban J connectivity index is 1.79. The Labute approximate surface area is 168 Å². The summed E-state index contributed by atoms with van der Waals surface area (Å²) in [5.74, 6) is -0.358. The highest BCUT2D eigenvalue weighted by atomic mass is 32.1. The molecule has 6 nitrogen and oxygen atoms in total. The van der Waals surface area contributed by atoms with Crippen LogP contribution in [0.25, 0.3) is 0 Å². The molecule has 1 aromatic heterocycles. The standard InChI is InChI=1S/C19H14F3N3O3S/c1-28-14-5-6-16(26)15(8-14)17(27)11-9-23-25(10-11)18(29)24-13-4-2-3-12(7-13)19(20,21)22/h2-10,26H,1H3,(H,24,29). The number of ketones is 1. The molecule has 0 unspecified atom stereocenters. The molecule has 0 aliphatic rings.